The maximum atomic E-state index is 13.2. The topological polar surface area (TPSA) is 59.3 Å². The number of rotatable bonds is 3. The fourth-order valence-corrected chi connectivity index (χ4v) is 3.79. The molecular formula is C27H17NO3. The van der Waals surface area contributed by atoms with Crippen LogP contribution < -0.4 is 9.47 Å². The Bertz CT molecular complexity index is 1260. The molecule has 0 aliphatic carbocycles. The molecule has 4 aromatic carbocycles. The molecule has 1 aliphatic heterocycles. The first-order chi connectivity index (χ1) is 15.2. The molecule has 0 unspecified atom stereocenters. The summed E-state index contributed by atoms with van der Waals surface area (Å²) in [6.07, 6.45) is 0. The standard InChI is InChI=1S/C27H17NO3/c28-17-18-9-11-19(12-10-18)20-13-15-21(16-14-20)30-27(29)26-22-5-1-3-7-24(22)31-25-8-4-2-6-23(25)26/h1-16,26H. The van der Waals surface area contributed by atoms with Crippen molar-refractivity contribution in [2.45, 2.75) is 5.92 Å². The minimum absolute atomic E-state index is 0.352. The highest BCUT2D eigenvalue weighted by Gasteiger charge is 2.33. The van der Waals surface area contributed by atoms with Crippen LogP contribution in [-0.2, 0) is 4.79 Å². The Morgan fingerprint density at radius 3 is 1.81 bits per heavy atom. The van der Waals surface area contributed by atoms with Crippen molar-refractivity contribution >= 4 is 5.97 Å². The molecular weight excluding hydrogens is 386 g/mol. The molecule has 0 amide bonds. The minimum atomic E-state index is -0.556. The summed E-state index contributed by atoms with van der Waals surface area (Å²) in [6, 6.07) is 31.9. The number of benzene rings is 4. The Hall–Kier alpha value is -4.36. The third-order valence-electron chi connectivity index (χ3n) is 5.34. The highest BCUT2D eigenvalue weighted by atomic mass is 16.5. The summed E-state index contributed by atoms with van der Waals surface area (Å²) in [5.41, 5.74) is 4.17. The predicted molar refractivity (Wildman–Crippen MR) is 117 cm³/mol. The van der Waals surface area contributed by atoms with Gasteiger partial charge in [0.25, 0.3) is 0 Å². The van der Waals surface area contributed by atoms with Gasteiger partial charge in [0.15, 0.2) is 0 Å². The third kappa shape index (κ3) is 3.54. The summed E-state index contributed by atoms with van der Waals surface area (Å²) in [5, 5.41) is 8.94. The minimum Gasteiger partial charge on any atom is -0.457 e. The Morgan fingerprint density at radius 2 is 1.26 bits per heavy atom. The van der Waals surface area contributed by atoms with Gasteiger partial charge in [0.1, 0.15) is 23.2 Å². The average molecular weight is 403 g/mol. The monoisotopic (exact) mass is 403 g/mol. The van der Waals surface area contributed by atoms with Gasteiger partial charge in [-0.3, -0.25) is 4.79 Å². The summed E-state index contributed by atoms with van der Waals surface area (Å²) in [7, 11) is 0. The van der Waals surface area contributed by atoms with Crippen LogP contribution >= 0.6 is 0 Å². The van der Waals surface area contributed by atoms with Gasteiger partial charge >= 0.3 is 5.97 Å². The zero-order valence-electron chi connectivity index (χ0n) is 16.5. The van der Waals surface area contributed by atoms with E-state index in [1.165, 1.54) is 0 Å². The van der Waals surface area contributed by atoms with E-state index < -0.39 is 5.92 Å². The molecule has 0 N–H and O–H groups in total. The van der Waals surface area contributed by atoms with Crippen molar-refractivity contribution < 1.29 is 14.3 Å². The van der Waals surface area contributed by atoms with E-state index in [9.17, 15) is 4.79 Å². The van der Waals surface area contributed by atoms with E-state index >= 15 is 0 Å². The van der Waals surface area contributed by atoms with Crippen LogP contribution in [0, 0.1) is 11.3 Å². The number of esters is 1. The van der Waals surface area contributed by atoms with Crippen molar-refractivity contribution in [1.29, 1.82) is 5.26 Å². The van der Waals surface area contributed by atoms with Crippen LogP contribution in [0.2, 0.25) is 0 Å². The lowest BCUT2D eigenvalue weighted by Crippen LogP contribution is -2.23. The van der Waals surface area contributed by atoms with Crippen LogP contribution in [-0.4, -0.2) is 5.97 Å². The molecule has 0 spiro atoms. The number of nitriles is 1. The molecule has 4 aromatic rings. The number of ether oxygens (including phenoxy) is 2. The number of fused-ring (bicyclic) bond motifs is 2. The summed E-state index contributed by atoms with van der Waals surface area (Å²) in [5.74, 6) is 0.899. The zero-order valence-corrected chi connectivity index (χ0v) is 16.5. The van der Waals surface area contributed by atoms with Crippen molar-refractivity contribution in [2.24, 2.45) is 0 Å². The van der Waals surface area contributed by atoms with Crippen molar-refractivity contribution in [1.82, 2.24) is 0 Å². The van der Waals surface area contributed by atoms with Crippen LogP contribution in [0.25, 0.3) is 11.1 Å². The molecule has 31 heavy (non-hydrogen) atoms. The van der Waals surface area contributed by atoms with Gasteiger partial charge in [0.2, 0.25) is 0 Å². The average Bonchev–Trinajstić information content (AvgIpc) is 2.83. The van der Waals surface area contributed by atoms with E-state index in [4.69, 9.17) is 14.7 Å². The number of hydrogen-bond donors (Lipinski definition) is 0. The highest BCUT2D eigenvalue weighted by molar-refractivity contribution is 5.87. The zero-order chi connectivity index (χ0) is 21.2. The molecule has 0 aromatic heterocycles. The van der Waals surface area contributed by atoms with Gasteiger partial charge in [-0.1, -0.05) is 60.7 Å². The summed E-state index contributed by atoms with van der Waals surface area (Å²) in [6.45, 7) is 0. The Balaban J connectivity index is 1.41. The first-order valence-corrected chi connectivity index (χ1v) is 9.91. The van der Waals surface area contributed by atoms with E-state index in [0.717, 1.165) is 22.3 Å². The lowest BCUT2D eigenvalue weighted by Gasteiger charge is -2.26. The number of carbonyl (C=O) groups excluding carboxylic acids is 1. The maximum Gasteiger partial charge on any atom is 0.323 e. The Morgan fingerprint density at radius 1 is 0.742 bits per heavy atom. The fourth-order valence-electron chi connectivity index (χ4n) is 3.79. The molecule has 1 heterocycles. The fraction of sp³-hybridized carbons (Fsp3) is 0.0370. The van der Waals surface area contributed by atoms with Gasteiger partial charge in [-0.25, -0.2) is 0 Å². The SMILES string of the molecule is N#Cc1ccc(-c2ccc(OC(=O)C3c4ccccc4Oc4ccccc43)cc2)cc1. The molecule has 1 aliphatic rings. The summed E-state index contributed by atoms with van der Waals surface area (Å²) < 4.78 is 11.7. The normalized spacial score (nSPS) is 12.1. The van der Waals surface area contributed by atoms with E-state index in [1.54, 1.807) is 24.3 Å². The second kappa shape index (κ2) is 7.81. The van der Waals surface area contributed by atoms with Crippen molar-refractivity contribution in [3.8, 4) is 34.4 Å². The molecule has 4 heteroatoms. The van der Waals surface area contributed by atoms with Crippen molar-refractivity contribution in [3.63, 3.8) is 0 Å². The van der Waals surface area contributed by atoms with Crippen LogP contribution in [0.5, 0.6) is 17.2 Å². The molecule has 148 valence electrons. The summed E-state index contributed by atoms with van der Waals surface area (Å²) in [4.78, 5) is 13.2. The molecule has 0 saturated heterocycles. The molecule has 0 saturated carbocycles. The first kappa shape index (κ1) is 18.7. The highest BCUT2D eigenvalue weighted by Crippen LogP contribution is 2.44. The molecule has 4 nitrogen and oxygen atoms in total. The second-order valence-electron chi connectivity index (χ2n) is 7.25. The van der Waals surface area contributed by atoms with Crippen LogP contribution in [0.1, 0.15) is 22.6 Å². The summed E-state index contributed by atoms with van der Waals surface area (Å²) >= 11 is 0. The van der Waals surface area contributed by atoms with Crippen LogP contribution in [0.15, 0.2) is 97.1 Å². The Labute approximate surface area is 179 Å². The third-order valence-corrected chi connectivity index (χ3v) is 5.34. The first-order valence-electron chi connectivity index (χ1n) is 9.91. The van der Waals surface area contributed by atoms with Gasteiger partial charge in [0, 0.05) is 11.1 Å². The Kier molecular flexibility index (Phi) is 4.70. The number of hydrogen-bond acceptors (Lipinski definition) is 4. The molecule has 0 fully saturated rings. The van der Waals surface area contributed by atoms with Gasteiger partial charge in [-0.05, 0) is 47.5 Å². The maximum absolute atomic E-state index is 13.2. The van der Waals surface area contributed by atoms with Crippen molar-refractivity contribution in [3.05, 3.63) is 114 Å². The van der Waals surface area contributed by atoms with Gasteiger partial charge < -0.3 is 9.47 Å². The molecule has 0 bridgehead atoms. The largest absolute Gasteiger partial charge is 0.457 e. The molecule has 5 rings (SSSR count). The van der Waals surface area contributed by atoms with E-state index in [0.29, 0.717) is 22.8 Å². The smallest absolute Gasteiger partial charge is 0.323 e. The lowest BCUT2D eigenvalue weighted by atomic mass is 9.88. The van der Waals surface area contributed by atoms with Crippen molar-refractivity contribution in [2.75, 3.05) is 0 Å². The van der Waals surface area contributed by atoms with Crippen LogP contribution in [0.3, 0.4) is 0 Å². The molecule has 0 radical (unpaired) electrons. The van der Waals surface area contributed by atoms with Gasteiger partial charge in [-0.15, -0.1) is 0 Å². The molecule has 0 atom stereocenters. The quantitative estimate of drug-likeness (QED) is 0.308. The number of carbonyl (C=O) groups is 1. The predicted octanol–water partition coefficient (Wildman–Crippen LogP) is 6.07. The number of para-hydroxylation sites is 2. The van der Waals surface area contributed by atoms with Gasteiger partial charge in [-0.2, -0.15) is 5.26 Å². The van der Waals surface area contributed by atoms with E-state index in [1.807, 2.05) is 72.8 Å². The van der Waals surface area contributed by atoms with Gasteiger partial charge in [0.05, 0.1) is 11.6 Å². The van der Waals surface area contributed by atoms with E-state index in [2.05, 4.69) is 6.07 Å². The lowest BCUT2D eigenvalue weighted by molar-refractivity contribution is -0.135. The number of nitrogens with zero attached hydrogens (tertiary/aromatic N) is 1. The second-order valence-corrected chi connectivity index (χ2v) is 7.25. The van der Waals surface area contributed by atoms with Crippen LogP contribution in [0.4, 0.5) is 0 Å². The van der Waals surface area contributed by atoms with E-state index in [-0.39, 0.29) is 5.97 Å².